The standard InChI is InChI=1S/C12H15NO8S/c1-6-9(21-11(16)20-6)4-19-12(17)22-5-8(10(15)18-3)13-7(2)14/h8H,4-5H2,1-3H3,(H,13,14)/t8-/m0/s1. The second-order valence-corrected chi connectivity index (χ2v) is 5.01. The molecule has 0 radical (unpaired) electrons. The number of nitrogens with one attached hydrogen (secondary N) is 1. The molecule has 1 aromatic rings. The van der Waals surface area contributed by atoms with E-state index in [0.29, 0.717) is 11.8 Å². The smallest absolute Gasteiger partial charge is 0.467 e. The van der Waals surface area contributed by atoms with E-state index in [-0.39, 0.29) is 23.9 Å². The number of aryl methyl sites for hydroxylation is 1. The fraction of sp³-hybridized carbons (Fsp3) is 0.500. The van der Waals surface area contributed by atoms with E-state index < -0.39 is 29.0 Å². The number of rotatable bonds is 6. The molecule has 0 saturated heterocycles. The number of hydrogen-bond acceptors (Lipinski definition) is 9. The van der Waals surface area contributed by atoms with Crippen molar-refractivity contribution in [3.63, 3.8) is 0 Å². The minimum Gasteiger partial charge on any atom is -0.467 e. The van der Waals surface area contributed by atoms with Gasteiger partial charge in [-0.25, -0.2) is 14.4 Å². The van der Waals surface area contributed by atoms with Gasteiger partial charge in [-0.1, -0.05) is 0 Å². The fourth-order valence-corrected chi connectivity index (χ4v) is 2.04. The van der Waals surface area contributed by atoms with Gasteiger partial charge in [-0.05, 0) is 18.7 Å². The Kier molecular flexibility index (Phi) is 6.70. The second kappa shape index (κ2) is 8.27. The Morgan fingerprint density at radius 3 is 2.50 bits per heavy atom. The van der Waals surface area contributed by atoms with Gasteiger partial charge in [0.15, 0.2) is 18.1 Å². The highest BCUT2D eigenvalue weighted by Gasteiger charge is 2.22. The summed E-state index contributed by atoms with van der Waals surface area (Å²) in [5.41, 5.74) is 0. The highest BCUT2D eigenvalue weighted by molar-refractivity contribution is 8.13. The van der Waals surface area contributed by atoms with Gasteiger partial charge in [-0.3, -0.25) is 4.79 Å². The van der Waals surface area contributed by atoms with E-state index >= 15 is 0 Å². The van der Waals surface area contributed by atoms with Crippen molar-refractivity contribution in [1.29, 1.82) is 0 Å². The minimum absolute atomic E-state index is 0.0561. The molecule has 0 bridgehead atoms. The van der Waals surface area contributed by atoms with E-state index in [1.807, 2.05) is 0 Å². The summed E-state index contributed by atoms with van der Waals surface area (Å²) >= 11 is 0.675. The van der Waals surface area contributed by atoms with E-state index in [4.69, 9.17) is 4.74 Å². The van der Waals surface area contributed by atoms with Crippen molar-refractivity contribution in [3.05, 3.63) is 22.1 Å². The van der Waals surface area contributed by atoms with Crippen LogP contribution in [0.5, 0.6) is 0 Å². The van der Waals surface area contributed by atoms with Crippen LogP contribution >= 0.6 is 11.8 Å². The average Bonchev–Trinajstić information content (AvgIpc) is 2.77. The zero-order chi connectivity index (χ0) is 16.7. The third-order valence-corrected chi connectivity index (χ3v) is 3.24. The van der Waals surface area contributed by atoms with Gasteiger partial charge in [0.25, 0.3) is 0 Å². The highest BCUT2D eigenvalue weighted by atomic mass is 32.2. The molecule has 0 aromatic carbocycles. The Morgan fingerprint density at radius 1 is 1.32 bits per heavy atom. The topological polar surface area (TPSA) is 125 Å². The van der Waals surface area contributed by atoms with Gasteiger partial charge in [0.05, 0.1) is 7.11 Å². The van der Waals surface area contributed by atoms with Crippen LogP contribution in [-0.2, 0) is 25.7 Å². The predicted molar refractivity (Wildman–Crippen MR) is 74.2 cm³/mol. The molecule has 1 heterocycles. The molecule has 1 atom stereocenters. The molecule has 0 aliphatic heterocycles. The van der Waals surface area contributed by atoms with Crippen molar-refractivity contribution in [2.45, 2.75) is 26.5 Å². The summed E-state index contributed by atoms with van der Waals surface area (Å²) in [7, 11) is 1.17. The van der Waals surface area contributed by atoms with Crippen LogP contribution in [0.3, 0.4) is 0 Å². The Labute approximate surface area is 129 Å². The molecule has 1 N–H and O–H groups in total. The summed E-state index contributed by atoms with van der Waals surface area (Å²) in [6, 6.07) is -0.964. The van der Waals surface area contributed by atoms with Crippen molar-refractivity contribution in [2.24, 2.45) is 0 Å². The molecular formula is C12H15NO8S. The molecule has 0 fully saturated rings. The molecule has 0 unspecified atom stereocenters. The maximum atomic E-state index is 11.6. The molecule has 1 aromatic heterocycles. The van der Waals surface area contributed by atoms with Crippen molar-refractivity contribution in [3.8, 4) is 0 Å². The number of ether oxygens (including phenoxy) is 2. The first kappa shape index (κ1) is 17.8. The number of methoxy groups -OCH3 is 1. The Balaban J connectivity index is 2.46. The molecule has 1 amide bonds. The lowest BCUT2D eigenvalue weighted by molar-refractivity contribution is -0.144. The highest BCUT2D eigenvalue weighted by Crippen LogP contribution is 2.12. The molecule has 10 heteroatoms. The normalized spacial score (nSPS) is 11.6. The first-order valence-electron chi connectivity index (χ1n) is 6.07. The van der Waals surface area contributed by atoms with E-state index in [2.05, 4.69) is 18.9 Å². The van der Waals surface area contributed by atoms with Crippen LogP contribution < -0.4 is 11.1 Å². The van der Waals surface area contributed by atoms with E-state index in [9.17, 15) is 19.2 Å². The van der Waals surface area contributed by atoms with E-state index in [0.717, 1.165) is 0 Å². The van der Waals surface area contributed by atoms with Gasteiger partial charge < -0.3 is 23.6 Å². The molecule has 0 spiro atoms. The van der Waals surface area contributed by atoms with Crippen molar-refractivity contribution < 1.29 is 32.7 Å². The van der Waals surface area contributed by atoms with E-state index in [1.54, 1.807) is 0 Å². The number of esters is 1. The fourth-order valence-electron chi connectivity index (χ4n) is 1.38. The maximum absolute atomic E-state index is 11.6. The summed E-state index contributed by atoms with van der Waals surface area (Å²) < 4.78 is 18.6. The van der Waals surface area contributed by atoms with Crippen molar-refractivity contribution in [1.82, 2.24) is 5.32 Å². The Hall–Kier alpha value is -2.23. The van der Waals surface area contributed by atoms with Gasteiger partial charge in [-0.15, -0.1) is 0 Å². The quantitative estimate of drug-likeness (QED) is 0.744. The monoisotopic (exact) mass is 333 g/mol. The Morgan fingerprint density at radius 2 is 2.00 bits per heavy atom. The zero-order valence-electron chi connectivity index (χ0n) is 12.2. The van der Waals surface area contributed by atoms with Crippen molar-refractivity contribution in [2.75, 3.05) is 12.9 Å². The summed E-state index contributed by atoms with van der Waals surface area (Å²) in [5, 5.41) is 1.65. The van der Waals surface area contributed by atoms with Gasteiger partial charge in [-0.2, -0.15) is 0 Å². The molecule has 0 saturated carbocycles. The summed E-state index contributed by atoms with van der Waals surface area (Å²) in [6.45, 7) is 2.46. The van der Waals surface area contributed by atoms with Crippen LogP contribution in [0.1, 0.15) is 18.4 Å². The zero-order valence-corrected chi connectivity index (χ0v) is 13.0. The first-order valence-corrected chi connectivity index (χ1v) is 7.06. The number of thioether (sulfide) groups is 1. The van der Waals surface area contributed by atoms with Crippen LogP contribution in [-0.4, -0.2) is 36.1 Å². The largest absolute Gasteiger partial charge is 0.519 e. The van der Waals surface area contributed by atoms with Crippen LogP contribution in [0, 0.1) is 6.92 Å². The lowest BCUT2D eigenvalue weighted by atomic mass is 10.3. The van der Waals surface area contributed by atoms with Crippen LogP contribution in [0.4, 0.5) is 4.79 Å². The van der Waals surface area contributed by atoms with Gasteiger partial charge in [0.2, 0.25) is 5.91 Å². The average molecular weight is 333 g/mol. The molecule has 1 rings (SSSR count). The van der Waals surface area contributed by atoms with E-state index in [1.165, 1.54) is 21.0 Å². The summed E-state index contributed by atoms with van der Waals surface area (Å²) in [5.74, 6) is -1.72. The second-order valence-electron chi connectivity index (χ2n) is 4.06. The summed E-state index contributed by atoms with van der Waals surface area (Å²) in [6.07, 6.45) is 0. The summed E-state index contributed by atoms with van der Waals surface area (Å²) in [4.78, 5) is 44.8. The number of carbonyl (C=O) groups excluding carboxylic acids is 3. The SMILES string of the molecule is COC(=O)[C@H](CSC(=O)OCc1oc(=O)oc1C)NC(C)=O. The first-order chi connectivity index (χ1) is 10.3. The van der Waals surface area contributed by atoms with Crippen LogP contribution in [0.15, 0.2) is 13.6 Å². The number of hydrogen-bond donors (Lipinski definition) is 1. The number of amides is 1. The lowest BCUT2D eigenvalue weighted by Gasteiger charge is -2.14. The van der Waals surface area contributed by atoms with Gasteiger partial charge in [0, 0.05) is 12.7 Å². The van der Waals surface area contributed by atoms with Crippen LogP contribution in [0.2, 0.25) is 0 Å². The predicted octanol–water partition coefficient (Wildman–Crippen LogP) is 0.589. The third kappa shape index (κ3) is 5.64. The molecule has 0 aliphatic carbocycles. The molecule has 22 heavy (non-hydrogen) atoms. The minimum atomic E-state index is -0.964. The van der Waals surface area contributed by atoms with Crippen molar-refractivity contribution >= 4 is 28.9 Å². The molecule has 9 nitrogen and oxygen atoms in total. The maximum Gasteiger partial charge on any atom is 0.519 e. The Bertz CT molecular complexity index is 605. The van der Waals surface area contributed by atoms with Crippen LogP contribution in [0.25, 0.3) is 0 Å². The molecule has 122 valence electrons. The lowest BCUT2D eigenvalue weighted by Crippen LogP contribution is -2.42. The molecular weight excluding hydrogens is 318 g/mol. The van der Waals surface area contributed by atoms with Gasteiger partial charge >= 0.3 is 17.1 Å². The number of carbonyl (C=O) groups is 3. The van der Waals surface area contributed by atoms with Gasteiger partial charge in [0.1, 0.15) is 6.04 Å². The molecule has 0 aliphatic rings. The third-order valence-electron chi connectivity index (χ3n) is 2.39.